The maximum absolute atomic E-state index is 10.7. The van der Waals surface area contributed by atoms with Crippen molar-refractivity contribution < 1.29 is 24.7 Å². The fourth-order valence-corrected chi connectivity index (χ4v) is 1.71. The number of aromatic nitrogens is 1. The fraction of sp³-hybridized carbons (Fsp3) is 0.0769. The summed E-state index contributed by atoms with van der Waals surface area (Å²) in [5.41, 5.74) is -0.0422. The van der Waals surface area contributed by atoms with Crippen LogP contribution in [0, 0.1) is 30.3 Å². The van der Waals surface area contributed by atoms with Crippen LogP contribution in [0.15, 0.2) is 36.7 Å². The number of pyridine rings is 1. The van der Waals surface area contributed by atoms with Crippen LogP contribution in [0.3, 0.4) is 0 Å². The van der Waals surface area contributed by atoms with Crippen molar-refractivity contribution in [2.75, 3.05) is 0 Å². The van der Waals surface area contributed by atoms with Crippen molar-refractivity contribution in [1.82, 2.24) is 10.4 Å². The Labute approximate surface area is 149 Å². The lowest BCUT2D eigenvalue weighted by Crippen LogP contribution is -2.31. The Hall–Kier alpha value is -4.20. The first-order chi connectivity index (χ1) is 12.7. The Bertz CT molecular complexity index is 837. The SMILES string of the molecule is NNC(=O)Cc1ccncc1.O=[N+]([O-])c1cc([N+](=O)[O-])c(O)c([N+](=O)[O-])c1. The van der Waals surface area contributed by atoms with Gasteiger partial charge in [-0.25, -0.2) is 5.84 Å². The topological polar surface area (TPSA) is 218 Å². The van der Waals surface area contributed by atoms with Gasteiger partial charge in [-0.2, -0.15) is 0 Å². The minimum absolute atomic E-state index is 0.198. The number of benzene rings is 1. The molecule has 0 spiro atoms. The monoisotopic (exact) mass is 380 g/mol. The van der Waals surface area contributed by atoms with E-state index in [9.17, 15) is 35.1 Å². The number of rotatable bonds is 5. The van der Waals surface area contributed by atoms with Crippen molar-refractivity contribution in [3.8, 4) is 5.75 Å². The number of nitro groups is 3. The lowest BCUT2D eigenvalue weighted by molar-refractivity contribution is -0.404. The lowest BCUT2D eigenvalue weighted by atomic mass is 10.2. The Morgan fingerprint density at radius 1 is 1.04 bits per heavy atom. The number of nitro benzene ring substituents is 3. The van der Waals surface area contributed by atoms with Crippen LogP contribution in [0.5, 0.6) is 5.75 Å². The van der Waals surface area contributed by atoms with Crippen molar-refractivity contribution >= 4 is 23.0 Å². The van der Waals surface area contributed by atoms with E-state index in [2.05, 4.69) is 10.4 Å². The van der Waals surface area contributed by atoms with Gasteiger partial charge in [0.05, 0.1) is 33.3 Å². The number of carbonyl (C=O) groups is 1. The number of hydrogen-bond acceptors (Lipinski definition) is 10. The van der Waals surface area contributed by atoms with E-state index in [1.807, 2.05) is 0 Å². The summed E-state index contributed by atoms with van der Waals surface area (Å²) in [4.78, 5) is 42.3. The van der Waals surface area contributed by atoms with Crippen LogP contribution in [0.2, 0.25) is 0 Å². The van der Waals surface area contributed by atoms with Crippen molar-refractivity contribution in [2.24, 2.45) is 5.84 Å². The molecule has 0 aliphatic heterocycles. The van der Waals surface area contributed by atoms with Gasteiger partial charge in [0.2, 0.25) is 5.91 Å². The molecule has 27 heavy (non-hydrogen) atoms. The molecule has 2 aromatic rings. The molecule has 14 heteroatoms. The second kappa shape index (κ2) is 9.33. The first kappa shape index (κ1) is 20.8. The van der Waals surface area contributed by atoms with Crippen molar-refractivity contribution in [3.63, 3.8) is 0 Å². The first-order valence-corrected chi connectivity index (χ1v) is 6.85. The molecular weight excluding hydrogens is 368 g/mol. The van der Waals surface area contributed by atoms with Crippen LogP contribution in [0.25, 0.3) is 0 Å². The molecule has 1 heterocycles. The van der Waals surface area contributed by atoms with Crippen LogP contribution < -0.4 is 11.3 Å². The Kier molecular flexibility index (Phi) is 7.20. The van der Waals surface area contributed by atoms with Gasteiger partial charge in [-0.1, -0.05) is 0 Å². The van der Waals surface area contributed by atoms with Gasteiger partial charge in [0.15, 0.2) is 0 Å². The summed E-state index contributed by atoms with van der Waals surface area (Å²) in [6.45, 7) is 0. The van der Waals surface area contributed by atoms with Gasteiger partial charge in [0, 0.05) is 12.4 Å². The predicted molar refractivity (Wildman–Crippen MR) is 88.3 cm³/mol. The Balaban J connectivity index is 0.000000289. The minimum atomic E-state index is -1.21. The van der Waals surface area contributed by atoms with Gasteiger partial charge < -0.3 is 5.11 Å². The number of phenols is 1. The van der Waals surface area contributed by atoms with E-state index < -0.39 is 37.6 Å². The van der Waals surface area contributed by atoms with Crippen molar-refractivity contribution in [2.45, 2.75) is 6.42 Å². The number of amides is 1. The maximum atomic E-state index is 10.7. The highest BCUT2D eigenvalue weighted by atomic mass is 16.6. The largest absolute Gasteiger partial charge is 0.497 e. The number of nitrogens with one attached hydrogen (secondary N) is 1. The average Bonchev–Trinajstić information content (AvgIpc) is 2.62. The molecule has 0 fully saturated rings. The van der Waals surface area contributed by atoms with Gasteiger partial charge >= 0.3 is 11.4 Å². The Morgan fingerprint density at radius 3 is 1.89 bits per heavy atom. The van der Waals surface area contributed by atoms with E-state index >= 15 is 0 Å². The third kappa shape index (κ3) is 5.98. The predicted octanol–water partition coefficient (Wildman–Crippen LogP) is 0.731. The third-order valence-corrected chi connectivity index (χ3v) is 2.93. The summed E-state index contributed by atoms with van der Waals surface area (Å²) in [7, 11) is 0. The molecule has 0 atom stereocenters. The van der Waals surface area contributed by atoms with Crippen LogP contribution in [-0.2, 0) is 11.2 Å². The average molecular weight is 380 g/mol. The molecule has 142 valence electrons. The number of hydrazine groups is 1. The van der Waals surface area contributed by atoms with Gasteiger partial charge in [-0.3, -0.25) is 45.5 Å². The Morgan fingerprint density at radius 2 is 1.52 bits per heavy atom. The van der Waals surface area contributed by atoms with Crippen LogP contribution >= 0.6 is 0 Å². The quantitative estimate of drug-likeness (QED) is 0.285. The van der Waals surface area contributed by atoms with Gasteiger partial charge in [0.1, 0.15) is 0 Å². The van der Waals surface area contributed by atoms with E-state index in [-0.39, 0.29) is 5.91 Å². The molecule has 0 saturated carbocycles. The van der Waals surface area contributed by atoms with E-state index in [4.69, 9.17) is 10.9 Å². The van der Waals surface area contributed by atoms with E-state index in [1.165, 1.54) is 0 Å². The number of hydrogen-bond donors (Lipinski definition) is 3. The molecule has 4 N–H and O–H groups in total. The van der Waals surface area contributed by atoms with E-state index in [0.29, 0.717) is 18.6 Å². The number of nitrogens with zero attached hydrogens (tertiary/aromatic N) is 4. The van der Waals surface area contributed by atoms with Crippen LogP contribution in [-0.4, -0.2) is 30.8 Å². The molecule has 0 aliphatic rings. The molecule has 14 nitrogen and oxygen atoms in total. The highest BCUT2D eigenvalue weighted by Crippen LogP contribution is 2.38. The lowest BCUT2D eigenvalue weighted by Gasteiger charge is -1.97. The normalized spacial score (nSPS) is 9.52. The molecule has 0 bridgehead atoms. The summed E-state index contributed by atoms with van der Waals surface area (Å²) in [6, 6.07) is 4.44. The first-order valence-electron chi connectivity index (χ1n) is 6.85. The molecule has 0 radical (unpaired) electrons. The number of nitrogens with two attached hydrogens (primary N) is 1. The zero-order valence-corrected chi connectivity index (χ0v) is 13.3. The molecule has 0 saturated heterocycles. The second-order valence-electron chi connectivity index (χ2n) is 4.70. The number of non-ortho nitro benzene ring substituents is 1. The maximum Gasteiger partial charge on any atom is 0.324 e. The molecule has 1 aromatic carbocycles. The second-order valence-corrected chi connectivity index (χ2v) is 4.70. The molecule has 2 rings (SSSR count). The smallest absolute Gasteiger partial charge is 0.324 e. The zero-order chi connectivity index (χ0) is 20.6. The summed E-state index contributed by atoms with van der Waals surface area (Å²) in [5, 5.41) is 40.2. The number of carbonyl (C=O) groups excluding carboxylic acids is 1. The van der Waals surface area contributed by atoms with Crippen molar-refractivity contribution in [1.29, 1.82) is 0 Å². The number of phenolic OH excluding ortho intramolecular Hbond substituents is 1. The highest BCUT2D eigenvalue weighted by molar-refractivity contribution is 5.77. The standard InChI is InChI=1S/C7H9N3O.C6H3N3O7/c8-10-7(11)5-6-1-3-9-4-2-6;10-6-4(8(13)14)1-3(7(11)12)2-5(6)9(15)16/h1-4H,5,8H2,(H,10,11);1-2,10H. The van der Waals surface area contributed by atoms with Gasteiger partial charge in [-0.05, 0) is 17.7 Å². The van der Waals surface area contributed by atoms with Gasteiger partial charge in [0.25, 0.3) is 11.4 Å². The van der Waals surface area contributed by atoms with Crippen LogP contribution in [0.1, 0.15) is 5.56 Å². The molecular formula is C13H12N6O8. The number of aromatic hydroxyl groups is 1. The highest BCUT2D eigenvalue weighted by Gasteiger charge is 2.30. The zero-order valence-electron chi connectivity index (χ0n) is 13.3. The third-order valence-electron chi connectivity index (χ3n) is 2.93. The summed E-state index contributed by atoms with van der Waals surface area (Å²) < 4.78 is 0. The minimum Gasteiger partial charge on any atom is -0.497 e. The van der Waals surface area contributed by atoms with E-state index in [0.717, 1.165) is 5.56 Å². The van der Waals surface area contributed by atoms with Crippen molar-refractivity contribution in [3.05, 3.63) is 72.6 Å². The van der Waals surface area contributed by atoms with E-state index in [1.54, 1.807) is 24.5 Å². The molecule has 0 unspecified atom stereocenters. The molecule has 1 aromatic heterocycles. The summed E-state index contributed by atoms with van der Waals surface area (Å²) >= 11 is 0. The molecule has 1 amide bonds. The summed E-state index contributed by atoms with van der Waals surface area (Å²) in [5.74, 6) is 3.50. The van der Waals surface area contributed by atoms with Gasteiger partial charge in [-0.15, -0.1) is 0 Å². The fourth-order valence-electron chi connectivity index (χ4n) is 1.71. The summed E-state index contributed by atoms with van der Waals surface area (Å²) in [6.07, 6.45) is 3.58. The van der Waals surface area contributed by atoms with Crippen LogP contribution in [0.4, 0.5) is 17.1 Å². The molecule has 0 aliphatic carbocycles.